The van der Waals surface area contributed by atoms with Gasteiger partial charge in [0, 0.05) is 12.1 Å². The Kier molecular flexibility index (Phi) is 7.17. The summed E-state index contributed by atoms with van der Waals surface area (Å²) in [5.74, 6) is -6.54. The SMILES string of the molecule is C/C=C\C[C@H]1CC[C@H](c2cc(F)c(C(F)(F)Oc3cc(F)c(C#N)c(F)c3)c(F)c2)CC1. The predicted octanol–water partition coefficient (Wildman–Crippen LogP) is 7.48. The van der Waals surface area contributed by atoms with Crippen molar-refractivity contribution in [2.75, 3.05) is 0 Å². The molecular formula is C24H21F6NO. The second-order valence-corrected chi connectivity index (χ2v) is 7.87. The van der Waals surface area contributed by atoms with Gasteiger partial charge in [-0.15, -0.1) is 0 Å². The first-order chi connectivity index (χ1) is 15.2. The molecule has 1 fully saturated rings. The summed E-state index contributed by atoms with van der Waals surface area (Å²) < 4.78 is 89.8. The van der Waals surface area contributed by atoms with Crippen molar-refractivity contribution in [3.63, 3.8) is 0 Å². The van der Waals surface area contributed by atoms with Gasteiger partial charge in [-0.1, -0.05) is 12.2 Å². The summed E-state index contributed by atoms with van der Waals surface area (Å²) in [6.07, 6.45) is 3.57. The van der Waals surface area contributed by atoms with Crippen molar-refractivity contribution in [2.45, 2.75) is 51.1 Å². The molecule has 2 aromatic carbocycles. The van der Waals surface area contributed by atoms with Crippen LogP contribution in [0.15, 0.2) is 36.4 Å². The highest BCUT2D eigenvalue weighted by molar-refractivity contribution is 5.39. The lowest BCUT2D eigenvalue weighted by molar-refractivity contribution is -0.189. The third-order valence-electron chi connectivity index (χ3n) is 5.75. The van der Waals surface area contributed by atoms with E-state index in [9.17, 15) is 26.3 Å². The monoisotopic (exact) mass is 453 g/mol. The highest BCUT2D eigenvalue weighted by Gasteiger charge is 2.42. The fraction of sp³-hybridized carbons (Fsp3) is 0.375. The molecular weight excluding hydrogens is 432 g/mol. The summed E-state index contributed by atoms with van der Waals surface area (Å²) >= 11 is 0. The molecule has 0 atom stereocenters. The van der Waals surface area contributed by atoms with Gasteiger partial charge < -0.3 is 4.74 Å². The topological polar surface area (TPSA) is 33.0 Å². The van der Waals surface area contributed by atoms with E-state index < -0.39 is 46.3 Å². The van der Waals surface area contributed by atoms with Crippen LogP contribution in [-0.4, -0.2) is 0 Å². The molecule has 0 bridgehead atoms. The summed E-state index contributed by atoms with van der Waals surface area (Å²) in [6.45, 7) is 1.94. The number of allylic oxidation sites excluding steroid dienone is 2. The molecule has 1 aliphatic carbocycles. The largest absolute Gasteiger partial charge is 0.432 e. The van der Waals surface area contributed by atoms with Gasteiger partial charge in [-0.3, -0.25) is 0 Å². The van der Waals surface area contributed by atoms with Crippen LogP contribution in [0.1, 0.15) is 61.6 Å². The van der Waals surface area contributed by atoms with Crippen LogP contribution >= 0.6 is 0 Å². The number of halogens is 6. The van der Waals surface area contributed by atoms with Gasteiger partial charge in [-0.05, 0) is 68.6 Å². The van der Waals surface area contributed by atoms with E-state index in [1.165, 1.54) is 6.07 Å². The number of hydrogen-bond donors (Lipinski definition) is 0. The molecule has 0 amide bonds. The maximum Gasteiger partial charge on any atom is 0.432 e. The van der Waals surface area contributed by atoms with Gasteiger partial charge in [0.05, 0.1) is 0 Å². The number of nitriles is 1. The van der Waals surface area contributed by atoms with Crippen LogP contribution in [0.25, 0.3) is 0 Å². The maximum absolute atomic E-state index is 14.6. The van der Waals surface area contributed by atoms with Gasteiger partial charge in [-0.2, -0.15) is 14.0 Å². The summed E-state index contributed by atoms with van der Waals surface area (Å²) in [7, 11) is 0. The minimum atomic E-state index is -4.54. The third kappa shape index (κ3) is 5.09. The standard InChI is InChI=1S/C24H21F6NO/c1-2-3-4-14-5-7-15(8-6-14)16-9-21(27)23(22(28)10-16)24(29,30)32-17-11-19(25)18(13-31)20(26)12-17/h2-3,9-12,14-15H,4-8H2,1H3/b3-2-/t14-,15-. The minimum Gasteiger partial charge on any atom is -0.429 e. The second kappa shape index (κ2) is 9.68. The zero-order valence-electron chi connectivity index (χ0n) is 17.3. The average molecular weight is 453 g/mol. The normalized spacial score (nSPS) is 19.2. The first-order valence-corrected chi connectivity index (χ1v) is 10.2. The second-order valence-electron chi connectivity index (χ2n) is 7.87. The van der Waals surface area contributed by atoms with Crippen LogP contribution in [0.5, 0.6) is 5.75 Å². The third-order valence-corrected chi connectivity index (χ3v) is 5.75. The lowest BCUT2D eigenvalue weighted by Gasteiger charge is -2.29. The highest BCUT2D eigenvalue weighted by Crippen LogP contribution is 2.41. The molecule has 0 saturated heterocycles. The molecule has 8 heteroatoms. The number of alkyl halides is 2. The maximum atomic E-state index is 14.6. The molecule has 1 saturated carbocycles. The van der Waals surface area contributed by atoms with Crippen molar-refractivity contribution < 1.29 is 31.1 Å². The molecule has 0 heterocycles. The Hall–Kier alpha value is -2.95. The van der Waals surface area contributed by atoms with Crippen molar-refractivity contribution in [3.8, 4) is 11.8 Å². The molecule has 32 heavy (non-hydrogen) atoms. The van der Waals surface area contributed by atoms with Crippen molar-refractivity contribution in [2.24, 2.45) is 5.92 Å². The van der Waals surface area contributed by atoms with Crippen molar-refractivity contribution in [1.82, 2.24) is 0 Å². The van der Waals surface area contributed by atoms with Gasteiger partial charge in [0.2, 0.25) is 0 Å². The van der Waals surface area contributed by atoms with Gasteiger partial charge >= 0.3 is 6.11 Å². The lowest BCUT2D eigenvalue weighted by atomic mass is 9.77. The van der Waals surface area contributed by atoms with Crippen molar-refractivity contribution in [1.29, 1.82) is 5.26 Å². The van der Waals surface area contributed by atoms with Crippen LogP contribution in [-0.2, 0) is 6.11 Å². The Labute approximate surface area is 182 Å². The Balaban J connectivity index is 1.81. The lowest BCUT2D eigenvalue weighted by Crippen LogP contribution is -2.26. The van der Waals surface area contributed by atoms with Crippen LogP contribution in [0.2, 0.25) is 0 Å². The number of benzene rings is 2. The molecule has 0 spiro atoms. The van der Waals surface area contributed by atoms with E-state index in [0.717, 1.165) is 31.4 Å². The van der Waals surface area contributed by atoms with Gasteiger partial charge in [0.25, 0.3) is 0 Å². The summed E-state index contributed by atoms with van der Waals surface area (Å²) in [6, 6.07) is 3.68. The molecule has 2 nitrogen and oxygen atoms in total. The molecule has 1 aliphatic rings. The van der Waals surface area contributed by atoms with Gasteiger partial charge in [0.15, 0.2) is 0 Å². The first-order valence-electron chi connectivity index (χ1n) is 10.2. The van der Waals surface area contributed by atoms with E-state index in [2.05, 4.69) is 10.8 Å². The van der Waals surface area contributed by atoms with E-state index >= 15 is 0 Å². The minimum absolute atomic E-state index is 0.147. The van der Waals surface area contributed by atoms with Crippen LogP contribution in [0.3, 0.4) is 0 Å². The van der Waals surface area contributed by atoms with E-state index in [-0.39, 0.29) is 5.92 Å². The number of ether oxygens (including phenoxy) is 1. The molecule has 0 radical (unpaired) electrons. The summed E-state index contributed by atoms with van der Waals surface area (Å²) in [4.78, 5) is 0. The zero-order valence-corrected chi connectivity index (χ0v) is 17.3. The van der Waals surface area contributed by atoms with E-state index in [1.54, 1.807) is 0 Å². The fourth-order valence-electron chi connectivity index (χ4n) is 4.08. The Morgan fingerprint density at radius 1 is 0.969 bits per heavy atom. The molecule has 0 aliphatic heterocycles. The molecule has 170 valence electrons. The van der Waals surface area contributed by atoms with Gasteiger partial charge in [0.1, 0.15) is 46.2 Å². The fourth-order valence-corrected chi connectivity index (χ4v) is 4.08. The summed E-state index contributed by atoms with van der Waals surface area (Å²) in [5.41, 5.74) is -2.34. The Bertz CT molecular complexity index is 1000. The highest BCUT2D eigenvalue weighted by atomic mass is 19.3. The molecule has 3 rings (SSSR count). The van der Waals surface area contributed by atoms with E-state index in [0.29, 0.717) is 36.5 Å². The number of rotatable bonds is 6. The predicted molar refractivity (Wildman–Crippen MR) is 106 cm³/mol. The smallest absolute Gasteiger partial charge is 0.429 e. The van der Waals surface area contributed by atoms with E-state index in [4.69, 9.17) is 5.26 Å². The molecule has 2 aromatic rings. The van der Waals surface area contributed by atoms with Crippen molar-refractivity contribution >= 4 is 0 Å². The van der Waals surface area contributed by atoms with Crippen LogP contribution in [0.4, 0.5) is 26.3 Å². The van der Waals surface area contributed by atoms with Crippen LogP contribution < -0.4 is 4.74 Å². The Morgan fingerprint density at radius 3 is 2.03 bits per heavy atom. The number of nitrogens with zero attached hydrogens (tertiary/aromatic N) is 1. The summed E-state index contributed by atoms with van der Waals surface area (Å²) in [5, 5.41) is 8.64. The quantitative estimate of drug-likeness (QED) is 0.336. The van der Waals surface area contributed by atoms with Crippen LogP contribution in [0, 0.1) is 40.5 Å². The van der Waals surface area contributed by atoms with Crippen molar-refractivity contribution in [3.05, 3.63) is 76.4 Å². The molecule has 0 N–H and O–H groups in total. The zero-order chi connectivity index (χ0) is 23.5. The first kappa shape index (κ1) is 23.7. The average Bonchev–Trinajstić information content (AvgIpc) is 2.71. The molecule has 0 unspecified atom stereocenters. The van der Waals surface area contributed by atoms with Gasteiger partial charge in [-0.25, -0.2) is 17.6 Å². The Morgan fingerprint density at radius 2 is 1.53 bits per heavy atom. The van der Waals surface area contributed by atoms with E-state index in [1.807, 2.05) is 13.0 Å². The molecule has 0 aromatic heterocycles. The number of hydrogen-bond acceptors (Lipinski definition) is 2.